The zero-order valence-corrected chi connectivity index (χ0v) is 10.4. The molecule has 1 fully saturated rings. The maximum atomic E-state index is 4.14. The molecular weight excluding hydrogens is 198 g/mol. The van der Waals surface area contributed by atoms with Crippen LogP contribution in [0.5, 0.6) is 0 Å². The van der Waals surface area contributed by atoms with Crippen molar-refractivity contribution < 1.29 is 0 Å². The second kappa shape index (κ2) is 4.83. The fourth-order valence-corrected chi connectivity index (χ4v) is 2.40. The van der Waals surface area contributed by atoms with Gasteiger partial charge in [-0.3, -0.25) is 4.98 Å². The lowest BCUT2D eigenvalue weighted by Crippen LogP contribution is -2.48. The van der Waals surface area contributed by atoms with Gasteiger partial charge in [0, 0.05) is 31.0 Å². The lowest BCUT2D eigenvalue weighted by molar-refractivity contribution is 0.145. The van der Waals surface area contributed by atoms with Crippen molar-refractivity contribution in [3.8, 4) is 0 Å². The van der Waals surface area contributed by atoms with Crippen LogP contribution in [-0.2, 0) is 0 Å². The Hall–Kier alpha value is -1.09. The molecule has 88 valence electrons. The molecule has 3 nitrogen and oxygen atoms in total. The van der Waals surface area contributed by atoms with Crippen molar-refractivity contribution in [2.75, 3.05) is 18.9 Å². The quantitative estimate of drug-likeness (QED) is 0.826. The van der Waals surface area contributed by atoms with E-state index in [0.29, 0.717) is 18.0 Å². The number of nitrogens with zero attached hydrogens (tertiary/aromatic N) is 2. The molecule has 1 aromatic rings. The van der Waals surface area contributed by atoms with Gasteiger partial charge in [-0.05, 0) is 38.4 Å². The highest BCUT2D eigenvalue weighted by molar-refractivity contribution is 5.41. The number of nitrogens with one attached hydrogen (secondary N) is 1. The first-order chi connectivity index (χ1) is 7.66. The van der Waals surface area contributed by atoms with Gasteiger partial charge in [0.25, 0.3) is 0 Å². The molecule has 2 rings (SSSR count). The number of pyridine rings is 1. The molecule has 0 saturated carbocycles. The third kappa shape index (κ3) is 2.53. The second-order valence-corrected chi connectivity index (χ2v) is 4.99. The first-order valence-corrected chi connectivity index (χ1v) is 6.03. The van der Waals surface area contributed by atoms with Crippen molar-refractivity contribution >= 4 is 5.69 Å². The summed E-state index contributed by atoms with van der Waals surface area (Å²) in [6.07, 6.45) is 4.91. The average Bonchev–Trinajstić information content (AvgIpc) is 2.27. The van der Waals surface area contributed by atoms with E-state index >= 15 is 0 Å². The Labute approximate surface area is 97.9 Å². The lowest BCUT2D eigenvalue weighted by Gasteiger charge is -2.40. The van der Waals surface area contributed by atoms with Crippen LogP contribution in [0.15, 0.2) is 24.5 Å². The van der Waals surface area contributed by atoms with Gasteiger partial charge in [-0.2, -0.15) is 0 Å². The van der Waals surface area contributed by atoms with Crippen LogP contribution in [0.4, 0.5) is 5.69 Å². The van der Waals surface area contributed by atoms with Gasteiger partial charge >= 0.3 is 0 Å². The maximum absolute atomic E-state index is 4.14. The molecule has 3 atom stereocenters. The summed E-state index contributed by atoms with van der Waals surface area (Å²) in [6, 6.07) is 5.29. The lowest BCUT2D eigenvalue weighted by atomic mass is 9.90. The number of hydrogen-bond donors (Lipinski definition) is 1. The summed E-state index contributed by atoms with van der Waals surface area (Å²) in [5.41, 5.74) is 1.14. The third-order valence-electron chi connectivity index (χ3n) is 3.62. The zero-order chi connectivity index (χ0) is 11.5. The number of anilines is 1. The van der Waals surface area contributed by atoms with E-state index in [9.17, 15) is 0 Å². The summed E-state index contributed by atoms with van der Waals surface area (Å²) >= 11 is 0. The van der Waals surface area contributed by atoms with E-state index in [-0.39, 0.29) is 0 Å². The van der Waals surface area contributed by atoms with Crippen LogP contribution in [0, 0.1) is 5.92 Å². The van der Waals surface area contributed by atoms with Crippen molar-refractivity contribution in [1.82, 2.24) is 9.88 Å². The van der Waals surface area contributed by atoms with E-state index < -0.39 is 0 Å². The van der Waals surface area contributed by atoms with Crippen molar-refractivity contribution in [2.45, 2.75) is 32.4 Å². The monoisotopic (exact) mass is 219 g/mol. The van der Waals surface area contributed by atoms with E-state index in [0.717, 1.165) is 5.69 Å². The number of hydrogen-bond acceptors (Lipinski definition) is 3. The average molecular weight is 219 g/mol. The van der Waals surface area contributed by atoms with Gasteiger partial charge in [-0.1, -0.05) is 6.92 Å². The van der Waals surface area contributed by atoms with Crippen LogP contribution in [0.3, 0.4) is 0 Å². The molecule has 1 aliphatic rings. The van der Waals surface area contributed by atoms with E-state index in [1.54, 1.807) is 0 Å². The smallest absolute Gasteiger partial charge is 0.0528 e. The summed E-state index contributed by atoms with van der Waals surface area (Å²) < 4.78 is 0. The van der Waals surface area contributed by atoms with Gasteiger partial charge in [0.05, 0.1) is 5.69 Å². The number of piperidine rings is 1. The Balaban J connectivity index is 2.00. The first kappa shape index (κ1) is 11.4. The molecule has 1 N–H and O–H groups in total. The standard InChI is InChI=1S/C13H21N3/c1-10-9-16(3)11(2)7-13(10)15-12-5-4-6-14-8-12/h4-6,8,10-11,13,15H,7,9H2,1-3H3. The minimum absolute atomic E-state index is 0.565. The van der Waals surface area contributed by atoms with Crippen molar-refractivity contribution in [2.24, 2.45) is 5.92 Å². The number of rotatable bonds is 2. The van der Waals surface area contributed by atoms with Crippen molar-refractivity contribution in [1.29, 1.82) is 0 Å². The van der Waals surface area contributed by atoms with E-state index in [4.69, 9.17) is 0 Å². The van der Waals surface area contributed by atoms with Crippen molar-refractivity contribution in [3.63, 3.8) is 0 Å². The maximum Gasteiger partial charge on any atom is 0.0528 e. The van der Waals surface area contributed by atoms with E-state index in [1.165, 1.54) is 13.0 Å². The third-order valence-corrected chi connectivity index (χ3v) is 3.62. The van der Waals surface area contributed by atoms with Crippen LogP contribution in [0.2, 0.25) is 0 Å². The summed E-state index contributed by atoms with van der Waals surface area (Å²) in [7, 11) is 2.21. The summed E-state index contributed by atoms with van der Waals surface area (Å²) in [6.45, 7) is 5.78. The topological polar surface area (TPSA) is 28.2 Å². The Morgan fingerprint density at radius 1 is 1.44 bits per heavy atom. The molecular formula is C13H21N3. The zero-order valence-electron chi connectivity index (χ0n) is 10.4. The molecule has 3 unspecified atom stereocenters. The SMILES string of the molecule is CC1CN(C)C(C)CC1Nc1cccnc1. The molecule has 3 heteroatoms. The molecule has 16 heavy (non-hydrogen) atoms. The van der Waals surface area contributed by atoms with Gasteiger partial charge < -0.3 is 10.2 Å². The van der Waals surface area contributed by atoms with Crippen LogP contribution in [-0.4, -0.2) is 35.6 Å². The highest BCUT2D eigenvalue weighted by atomic mass is 15.2. The highest BCUT2D eigenvalue weighted by Gasteiger charge is 2.28. The fraction of sp³-hybridized carbons (Fsp3) is 0.615. The number of likely N-dealkylation sites (tertiary alicyclic amines) is 1. The minimum Gasteiger partial charge on any atom is -0.381 e. The molecule has 0 radical (unpaired) electrons. The van der Waals surface area contributed by atoms with Gasteiger partial charge in [0.1, 0.15) is 0 Å². The highest BCUT2D eigenvalue weighted by Crippen LogP contribution is 2.23. The Kier molecular flexibility index (Phi) is 3.44. The predicted molar refractivity (Wildman–Crippen MR) is 67.5 cm³/mol. The Bertz CT molecular complexity index is 325. The Morgan fingerprint density at radius 3 is 2.94 bits per heavy atom. The van der Waals surface area contributed by atoms with Crippen LogP contribution >= 0.6 is 0 Å². The van der Waals surface area contributed by atoms with Crippen LogP contribution in [0.25, 0.3) is 0 Å². The molecule has 0 amide bonds. The molecule has 0 aromatic carbocycles. The summed E-state index contributed by atoms with van der Waals surface area (Å²) in [5, 5.41) is 3.59. The molecule has 1 aromatic heterocycles. The fourth-order valence-electron chi connectivity index (χ4n) is 2.40. The molecule has 0 bridgehead atoms. The van der Waals surface area contributed by atoms with E-state index in [2.05, 4.69) is 42.2 Å². The molecule has 1 aliphatic heterocycles. The van der Waals surface area contributed by atoms with Gasteiger partial charge in [0.2, 0.25) is 0 Å². The second-order valence-electron chi connectivity index (χ2n) is 4.99. The largest absolute Gasteiger partial charge is 0.381 e. The van der Waals surface area contributed by atoms with Crippen LogP contribution < -0.4 is 5.32 Å². The normalized spacial score (nSPS) is 31.3. The first-order valence-electron chi connectivity index (χ1n) is 6.03. The number of aromatic nitrogens is 1. The Morgan fingerprint density at radius 2 is 2.25 bits per heavy atom. The predicted octanol–water partition coefficient (Wildman–Crippen LogP) is 2.22. The molecule has 0 aliphatic carbocycles. The minimum atomic E-state index is 0.565. The van der Waals surface area contributed by atoms with Gasteiger partial charge in [-0.25, -0.2) is 0 Å². The molecule has 1 saturated heterocycles. The van der Waals surface area contributed by atoms with Gasteiger partial charge in [0.15, 0.2) is 0 Å². The van der Waals surface area contributed by atoms with Crippen molar-refractivity contribution in [3.05, 3.63) is 24.5 Å². The molecule has 2 heterocycles. The summed E-state index contributed by atoms with van der Waals surface area (Å²) in [5.74, 6) is 0.682. The van der Waals surface area contributed by atoms with Gasteiger partial charge in [-0.15, -0.1) is 0 Å². The van der Waals surface area contributed by atoms with Crippen LogP contribution in [0.1, 0.15) is 20.3 Å². The summed E-state index contributed by atoms with van der Waals surface area (Å²) in [4.78, 5) is 6.57. The van der Waals surface area contributed by atoms with E-state index in [1.807, 2.05) is 18.5 Å². The molecule has 0 spiro atoms.